The van der Waals surface area contributed by atoms with Gasteiger partial charge in [0.05, 0.1) is 29.8 Å². The fraction of sp³-hybridized carbons (Fsp3) is 0.400. The van der Waals surface area contributed by atoms with Crippen molar-refractivity contribution in [1.29, 1.82) is 5.26 Å². The molecule has 1 heterocycles. The maximum absolute atomic E-state index is 13.4. The third kappa shape index (κ3) is 9.24. The number of benzene rings is 1. The molecule has 3 atom stereocenters. The van der Waals surface area contributed by atoms with Crippen molar-refractivity contribution in [1.82, 2.24) is 4.90 Å². The molecule has 1 aliphatic rings. The number of nitriles is 1. The highest BCUT2D eigenvalue weighted by Crippen LogP contribution is 2.36. The number of hydrogen-bond donors (Lipinski definition) is 3. The van der Waals surface area contributed by atoms with E-state index in [4.69, 9.17) is 21.2 Å². The molecule has 2 rings (SSSR count). The van der Waals surface area contributed by atoms with E-state index in [1.807, 2.05) is 0 Å². The van der Waals surface area contributed by atoms with Crippen LogP contribution in [-0.4, -0.2) is 57.8 Å². The second-order valence-corrected chi connectivity index (χ2v) is 7.20. The number of carboxylic acid groups (broad SMARTS) is 2. The van der Waals surface area contributed by atoms with Gasteiger partial charge in [0.1, 0.15) is 12.2 Å². The Morgan fingerprint density at radius 3 is 1.89 bits per heavy atom. The lowest BCUT2D eigenvalue weighted by Crippen LogP contribution is -2.47. The first-order valence-electron chi connectivity index (χ1n) is 9.47. The lowest BCUT2D eigenvalue weighted by Gasteiger charge is -2.23. The zero-order chi connectivity index (χ0) is 27.1. The number of likely N-dealkylation sites (tertiary alicyclic amines) is 1. The first kappa shape index (κ1) is 29.4. The molecule has 0 spiro atoms. The number of carboxylic acids is 2. The summed E-state index contributed by atoms with van der Waals surface area (Å²) in [6.45, 7) is -0.402. The van der Waals surface area contributed by atoms with Gasteiger partial charge in [-0.15, -0.1) is 0 Å². The average molecular weight is 513 g/mol. The monoisotopic (exact) mass is 513 g/mol. The number of halogens is 7. The van der Waals surface area contributed by atoms with E-state index in [2.05, 4.69) is 0 Å². The molecule has 35 heavy (non-hydrogen) atoms. The van der Waals surface area contributed by atoms with Crippen LogP contribution in [0, 0.1) is 11.3 Å². The molecular formula is C20H18F7N3O5. The highest BCUT2D eigenvalue weighted by molar-refractivity contribution is 5.89. The number of amides is 1. The second kappa shape index (κ2) is 11.6. The van der Waals surface area contributed by atoms with E-state index >= 15 is 0 Å². The van der Waals surface area contributed by atoms with Crippen molar-refractivity contribution in [2.75, 3.05) is 6.54 Å². The van der Waals surface area contributed by atoms with Gasteiger partial charge in [0.2, 0.25) is 5.91 Å². The van der Waals surface area contributed by atoms with Crippen LogP contribution in [0.2, 0.25) is 0 Å². The number of carbonyl (C=O) groups is 3. The van der Waals surface area contributed by atoms with E-state index in [1.54, 1.807) is 6.07 Å². The van der Waals surface area contributed by atoms with Crippen molar-refractivity contribution in [3.63, 3.8) is 0 Å². The van der Waals surface area contributed by atoms with E-state index in [0.717, 1.165) is 4.90 Å². The summed E-state index contributed by atoms with van der Waals surface area (Å²) in [4.78, 5) is 32.2. The van der Waals surface area contributed by atoms with Crippen LogP contribution < -0.4 is 5.73 Å². The molecule has 15 heteroatoms. The Hall–Kier alpha value is -3.67. The number of carbonyl (C=O) groups excluding carboxylic acids is 1. The maximum Gasteiger partial charge on any atom is 0.416 e. The van der Waals surface area contributed by atoms with Gasteiger partial charge < -0.3 is 20.8 Å². The van der Waals surface area contributed by atoms with Gasteiger partial charge in [-0.25, -0.2) is 14.0 Å². The molecule has 4 N–H and O–H groups in total. The molecule has 1 amide bonds. The molecule has 1 fully saturated rings. The summed E-state index contributed by atoms with van der Waals surface area (Å²) in [6.07, 6.45) is -11.2. The standard InChI is InChI=1S/C16H14F7N3O.C4H4O4/c17-11-5-12(6-24)26(7-11)14(27)13(25)3-8-1-9(15(18,19)20)4-10(2-8)16(21,22)23;5-3(6)1-2-4(7)8/h1-2,4,11-13H,3,5,7,25H2;1-2H,(H,5,6)(H,7,8)/b;2-1+/t11-,12-,13-;/m0./s1. The highest BCUT2D eigenvalue weighted by atomic mass is 19.4. The number of nitrogens with two attached hydrogens (primary N) is 1. The molecule has 0 saturated carbocycles. The van der Waals surface area contributed by atoms with Crippen molar-refractivity contribution in [3.05, 3.63) is 47.0 Å². The summed E-state index contributed by atoms with van der Waals surface area (Å²) in [6, 6.07) is 0.0438. The Bertz CT molecular complexity index is 970. The molecule has 0 aliphatic carbocycles. The summed E-state index contributed by atoms with van der Waals surface area (Å²) in [5.41, 5.74) is 2.14. The fourth-order valence-electron chi connectivity index (χ4n) is 2.98. The van der Waals surface area contributed by atoms with Gasteiger partial charge in [0.15, 0.2) is 0 Å². The number of hydrogen-bond acceptors (Lipinski definition) is 5. The van der Waals surface area contributed by atoms with Crippen molar-refractivity contribution >= 4 is 17.8 Å². The van der Waals surface area contributed by atoms with Crippen molar-refractivity contribution in [3.8, 4) is 6.07 Å². The Balaban J connectivity index is 0.000000658. The number of rotatable bonds is 5. The van der Waals surface area contributed by atoms with E-state index in [9.17, 15) is 45.1 Å². The molecule has 1 aliphatic heterocycles. The molecule has 0 unspecified atom stereocenters. The molecule has 1 aromatic carbocycles. The number of nitrogens with zero attached hydrogens (tertiary/aromatic N) is 2. The molecule has 8 nitrogen and oxygen atoms in total. The highest BCUT2D eigenvalue weighted by Gasteiger charge is 2.39. The van der Waals surface area contributed by atoms with Crippen LogP contribution in [-0.2, 0) is 33.2 Å². The van der Waals surface area contributed by atoms with Gasteiger partial charge >= 0.3 is 24.3 Å². The second-order valence-electron chi connectivity index (χ2n) is 7.20. The van der Waals surface area contributed by atoms with E-state index < -0.39 is 78.1 Å². The molecule has 192 valence electrons. The lowest BCUT2D eigenvalue weighted by molar-refractivity contribution is -0.143. The predicted molar refractivity (Wildman–Crippen MR) is 103 cm³/mol. The van der Waals surface area contributed by atoms with Crippen LogP contribution in [0.25, 0.3) is 0 Å². The maximum atomic E-state index is 13.4. The van der Waals surface area contributed by atoms with Gasteiger partial charge in [0, 0.05) is 18.6 Å². The zero-order valence-corrected chi connectivity index (χ0v) is 17.5. The van der Waals surface area contributed by atoms with Crippen LogP contribution in [0.5, 0.6) is 0 Å². The molecule has 0 aromatic heterocycles. The van der Waals surface area contributed by atoms with Gasteiger partial charge in [0.25, 0.3) is 0 Å². The summed E-state index contributed by atoms with van der Waals surface area (Å²) >= 11 is 0. The van der Waals surface area contributed by atoms with E-state index in [0.29, 0.717) is 24.3 Å². The van der Waals surface area contributed by atoms with Gasteiger partial charge in [-0.3, -0.25) is 4.79 Å². The van der Waals surface area contributed by atoms with Crippen LogP contribution in [0.1, 0.15) is 23.1 Å². The van der Waals surface area contributed by atoms with E-state index in [1.165, 1.54) is 0 Å². The average Bonchev–Trinajstić information content (AvgIpc) is 3.11. The predicted octanol–water partition coefficient (Wildman–Crippen LogP) is 2.77. The first-order chi connectivity index (χ1) is 15.9. The molecule has 1 aromatic rings. The van der Waals surface area contributed by atoms with Crippen molar-refractivity contribution < 1.29 is 55.3 Å². The minimum atomic E-state index is -5.02. The zero-order valence-electron chi connectivity index (χ0n) is 17.5. The molecule has 0 bridgehead atoms. The molecular weight excluding hydrogens is 495 g/mol. The number of alkyl halides is 7. The summed E-state index contributed by atoms with van der Waals surface area (Å²) in [5, 5.41) is 24.5. The molecule has 0 radical (unpaired) electrons. The lowest BCUT2D eigenvalue weighted by atomic mass is 9.99. The Morgan fingerprint density at radius 2 is 1.51 bits per heavy atom. The summed E-state index contributed by atoms with van der Waals surface area (Å²) in [5.74, 6) is -3.42. The third-order valence-corrected chi connectivity index (χ3v) is 4.47. The first-order valence-corrected chi connectivity index (χ1v) is 9.47. The Labute approximate surface area is 193 Å². The Morgan fingerprint density at radius 1 is 1.06 bits per heavy atom. The molecule has 1 saturated heterocycles. The van der Waals surface area contributed by atoms with Crippen LogP contribution in [0.15, 0.2) is 30.4 Å². The van der Waals surface area contributed by atoms with Crippen LogP contribution in [0.4, 0.5) is 30.7 Å². The van der Waals surface area contributed by atoms with Gasteiger partial charge in [-0.1, -0.05) is 0 Å². The van der Waals surface area contributed by atoms with Gasteiger partial charge in [-0.2, -0.15) is 31.6 Å². The van der Waals surface area contributed by atoms with Crippen molar-refractivity contribution in [2.24, 2.45) is 5.73 Å². The summed E-state index contributed by atoms with van der Waals surface area (Å²) in [7, 11) is 0. The number of aliphatic carboxylic acids is 2. The van der Waals surface area contributed by atoms with Gasteiger partial charge in [-0.05, 0) is 30.2 Å². The SMILES string of the molecule is N#C[C@@H]1C[C@H](F)CN1C(=O)[C@@H](N)Cc1cc(C(F)(F)F)cc(C(F)(F)F)c1.O=C(O)/C=C/C(=O)O. The summed E-state index contributed by atoms with van der Waals surface area (Å²) < 4.78 is 90.6. The smallest absolute Gasteiger partial charge is 0.416 e. The normalized spacial score (nSPS) is 19.0. The van der Waals surface area contributed by atoms with Crippen LogP contribution in [0.3, 0.4) is 0 Å². The van der Waals surface area contributed by atoms with Crippen LogP contribution >= 0.6 is 0 Å². The van der Waals surface area contributed by atoms with Crippen molar-refractivity contribution in [2.45, 2.75) is 43.4 Å². The fourth-order valence-corrected chi connectivity index (χ4v) is 2.98. The third-order valence-electron chi connectivity index (χ3n) is 4.47. The minimum absolute atomic E-state index is 0.0310. The Kier molecular flexibility index (Phi) is 9.77. The van der Waals surface area contributed by atoms with E-state index in [-0.39, 0.29) is 12.5 Å². The topological polar surface area (TPSA) is 145 Å². The minimum Gasteiger partial charge on any atom is -0.478 e. The largest absolute Gasteiger partial charge is 0.478 e. The quantitative estimate of drug-likeness (QED) is 0.406.